The summed E-state index contributed by atoms with van der Waals surface area (Å²) in [6.45, 7) is 4.87. The summed E-state index contributed by atoms with van der Waals surface area (Å²) in [6, 6.07) is -1.72. The average molecular weight is 491 g/mol. The average Bonchev–Trinajstić information content (AvgIpc) is 3.10. The molecule has 0 aromatic carbocycles. The zero-order chi connectivity index (χ0) is 24.9. The van der Waals surface area contributed by atoms with Crippen molar-refractivity contribution in [2.45, 2.75) is 81.1 Å². The molecule has 2 fully saturated rings. The molecule has 0 aromatic heterocycles. The Morgan fingerprint density at radius 1 is 1.18 bits per heavy atom. The topological polar surface area (TPSA) is 135 Å². The maximum Gasteiger partial charge on any atom is 0.237 e. The van der Waals surface area contributed by atoms with Gasteiger partial charge >= 0.3 is 0 Å². The van der Waals surface area contributed by atoms with Crippen LogP contribution in [-0.4, -0.2) is 125 Å². The highest BCUT2D eigenvalue weighted by molar-refractivity contribution is 7.99. The standard InChI is InChI=1S/C22H42N4O6S/c1-7-8-13-9-14(26(5)10-13)21(31)24-16(12(2)23-15(27)11-25(3)4)20-18(29)17(28)19(30)22(32-20)33-6/h12-14,16-20,22,28-30H,7-11H2,1-6H3,(H,23,27)(H,24,31)/t12-,13+,14-,16+,17?,18?,19?,20?,22?/m0/s1. The summed E-state index contributed by atoms with van der Waals surface area (Å²) in [7, 11) is 5.48. The van der Waals surface area contributed by atoms with Gasteiger partial charge in [-0.2, -0.15) is 0 Å². The molecule has 9 atom stereocenters. The van der Waals surface area contributed by atoms with E-state index >= 15 is 0 Å². The van der Waals surface area contributed by atoms with Gasteiger partial charge in [-0.1, -0.05) is 13.3 Å². The normalized spacial score (nSPS) is 34.8. The van der Waals surface area contributed by atoms with E-state index in [1.54, 1.807) is 32.2 Å². The zero-order valence-electron chi connectivity index (χ0n) is 20.6. The lowest BCUT2D eigenvalue weighted by Gasteiger charge is -2.45. The Kier molecular flexibility index (Phi) is 10.9. The first-order valence-electron chi connectivity index (χ1n) is 11.7. The van der Waals surface area contributed by atoms with Gasteiger partial charge in [0, 0.05) is 12.6 Å². The molecule has 33 heavy (non-hydrogen) atoms. The van der Waals surface area contributed by atoms with Gasteiger partial charge in [0.1, 0.15) is 29.9 Å². The fourth-order valence-corrected chi connectivity index (χ4v) is 5.50. The number of amides is 2. The maximum absolute atomic E-state index is 13.3. The second-order valence-electron chi connectivity index (χ2n) is 9.65. The summed E-state index contributed by atoms with van der Waals surface area (Å²) in [5.41, 5.74) is -0.777. The Hall–Kier alpha value is -0.950. The molecule has 2 heterocycles. The number of hydrogen-bond donors (Lipinski definition) is 5. The van der Waals surface area contributed by atoms with Crippen molar-refractivity contribution in [1.82, 2.24) is 20.4 Å². The van der Waals surface area contributed by atoms with Crippen molar-refractivity contribution in [2.24, 2.45) is 5.92 Å². The fourth-order valence-electron chi connectivity index (χ4n) is 4.82. The molecule has 2 aliphatic heterocycles. The summed E-state index contributed by atoms with van der Waals surface area (Å²) < 4.78 is 5.94. The van der Waals surface area contributed by atoms with Crippen LogP contribution in [0.15, 0.2) is 0 Å². The molecule has 0 aliphatic carbocycles. The number of nitrogens with one attached hydrogen (secondary N) is 2. The van der Waals surface area contributed by atoms with Gasteiger partial charge in [0.25, 0.3) is 0 Å². The molecule has 11 heteroatoms. The Morgan fingerprint density at radius 2 is 1.85 bits per heavy atom. The van der Waals surface area contributed by atoms with Crippen molar-refractivity contribution < 1.29 is 29.6 Å². The number of aliphatic hydroxyl groups excluding tert-OH is 3. The summed E-state index contributed by atoms with van der Waals surface area (Å²) in [6.07, 6.45) is -0.569. The molecule has 10 nitrogen and oxygen atoms in total. The van der Waals surface area contributed by atoms with Crippen molar-refractivity contribution >= 4 is 23.6 Å². The minimum Gasteiger partial charge on any atom is -0.388 e. The first-order chi connectivity index (χ1) is 15.5. The minimum absolute atomic E-state index is 0.165. The number of nitrogens with zero attached hydrogens (tertiary/aromatic N) is 2. The molecule has 2 aliphatic rings. The van der Waals surface area contributed by atoms with Gasteiger partial charge < -0.3 is 35.6 Å². The fraction of sp³-hybridized carbons (Fsp3) is 0.909. The molecule has 0 saturated carbocycles. The number of likely N-dealkylation sites (tertiary alicyclic amines) is 1. The van der Waals surface area contributed by atoms with Crippen LogP contribution in [0.2, 0.25) is 0 Å². The van der Waals surface area contributed by atoms with Crippen molar-refractivity contribution in [3.63, 3.8) is 0 Å². The number of carbonyl (C=O) groups is 2. The van der Waals surface area contributed by atoms with Crippen molar-refractivity contribution in [3.8, 4) is 0 Å². The SMILES string of the molecule is CCC[C@@H]1C[C@@H](C(=O)N[C@@H](C2OC(SC)C(O)C(O)C2O)[C@H](C)NC(=O)CN(C)C)N(C)C1. The van der Waals surface area contributed by atoms with Gasteiger partial charge in [0.2, 0.25) is 11.8 Å². The first kappa shape index (κ1) is 28.3. The third-order valence-corrected chi connectivity index (χ3v) is 7.38. The quantitative estimate of drug-likeness (QED) is 0.257. The molecule has 0 aromatic rings. The van der Waals surface area contributed by atoms with E-state index < -0.39 is 41.9 Å². The highest BCUT2D eigenvalue weighted by Gasteiger charge is 2.49. The summed E-state index contributed by atoms with van der Waals surface area (Å²) in [5, 5.41) is 37.3. The van der Waals surface area contributed by atoms with Crippen LogP contribution in [0.4, 0.5) is 0 Å². The lowest BCUT2D eigenvalue weighted by molar-refractivity contribution is -0.207. The third kappa shape index (κ3) is 7.27. The molecule has 2 rings (SSSR count). The van der Waals surface area contributed by atoms with Crippen LogP contribution in [-0.2, 0) is 14.3 Å². The monoisotopic (exact) mass is 490 g/mol. The Bertz CT molecular complexity index is 654. The van der Waals surface area contributed by atoms with Gasteiger partial charge in [-0.25, -0.2) is 0 Å². The van der Waals surface area contributed by atoms with E-state index in [0.717, 1.165) is 25.8 Å². The van der Waals surface area contributed by atoms with E-state index in [9.17, 15) is 24.9 Å². The zero-order valence-corrected chi connectivity index (χ0v) is 21.4. The van der Waals surface area contributed by atoms with E-state index in [2.05, 4.69) is 17.6 Å². The van der Waals surface area contributed by atoms with Crippen LogP contribution in [0.3, 0.4) is 0 Å². The number of likely N-dealkylation sites (N-methyl/N-ethyl adjacent to an activating group) is 2. The van der Waals surface area contributed by atoms with Gasteiger partial charge in [-0.15, -0.1) is 11.8 Å². The van der Waals surface area contributed by atoms with Gasteiger partial charge in [-0.05, 0) is 53.1 Å². The summed E-state index contributed by atoms with van der Waals surface area (Å²) >= 11 is 1.21. The Morgan fingerprint density at radius 3 is 2.42 bits per heavy atom. The predicted octanol–water partition coefficient (Wildman–Crippen LogP) is -1.17. The maximum atomic E-state index is 13.3. The van der Waals surface area contributed by atoms with E-state index in [4.69, 9.17) is 4.74 Å². The molecule has 5 N–H and O–H groups in total. The van der Waals surface area contributed by atoms with E-state index in [0.29, 0.717) is 5.92 Å². The van der Waals surface area contributed by atoms with Crippen molar-refractivity contribution in [3.05, 3.63) is 0 Å². The van der Waals surface area contributed by atoms with E-state index in [-0.39, 0.29) is 24.4 Å². The molecule has 192 valence electrons. The molecule has 2 saturated heterocycles. The molecule has 2 amide bonds. The summed E-state index contributed by atoms with van der Waals surface area (Å²) in [5.74, 6) is 0.00717. The van der Waals surface area contributed by atoms with Crippen LogP contribution in [0.1, 0.15) is 33.1 Å². The molecule has 0 bridgehead atoms. The van der Waals surface area contributed by atoms with E-state index in [1.807, 2.05) is 11.9 Å². The van der Waals surface area contributed by atoms with Crippen LogP contribution in [0.5, 0.6) is 0 Å². The number of ether oxygens (including phenoxy) is 1. The van der Waals surface area contributed by atoms with Gasteiger partial charge in [-0.3, -0.25) is 14.5 Å². The lowest BCUT2D eigenvalue weighted by atomic mass is 9.90. The van der Waals surface area contributed by atoms with Crippen molar-refractivity contribution in [2.75, 3.05) is 40.5 Å². The van der Waals surface area contributed by atoms with Crippen molar-refractivity contribution in [1.29, 1.82) is 0 Å². The summed E-state index contributed by atoms with van der Waals surface area (Å²) in [4.78, 5) is 29.5. The van der Waals surface area contributed by atoms with Crippen LogP contribution in [0.25, 0.3) is 0 Å². The lowest BCUT2D eigenvalue weighted by Crippen LogP contribution is -2.67. The second-order valence-corrected chi connectivity index (χ2v) is 10.6. The number of aliphatic hydroxyl groups is 3. The van der Waals surface area contributed by atoms with Crippen LogP contribution >= 0.6 is 11.8 Å². The molecular weight excluding hydrogens is 448 g/mol. The Balaban J connectivity index is 2.23. The Labute approximate surface area is 201 Å². The number of thioether (sulfide) groups is 1. The molecule has 5 unspecified atom stereocenters. The van der Waals surface area contributed by atoms with Crippen LogP contribution < -0.4 is 10.6 Å². The number of rotatable bonds is 10. The smallest absolute Gasteiger partial charge is 0.237 e. The molecule has 0 radical (unpaired) electrons. The highest BCUT2D eigenvalue weighted by atomic mass is 32.2. The molecular formula is C22H42N4O6S. The van der Waals surface area contributed by atoms with Gasteiger partial charge in [0.15, 0.2) is 0 Å². The van der Waals surface area contributed by atoms with Gasteiger partial charge in [0.05, 0.1) is 18.6 Å². The molecule has 0 spiro atoms. The predicted molar refractivity (Wildman–Crippen MR) is 128 cm³/mol. The largest absolute Gasteiger partial charge is 0.388 e. The third-order valence-electron chi connectivity index (χ3n) is 6.52. The highest BCUT2D eigenvalue weighted by Crippen LogP contribution is 2.30. The number of hydrogen-bond acceptors (Lipinski definition) is 9. The number of carbonyl (C=O) groups excluding carboxylic acids is 2. The second kappa shape index (κ2) is 12.7. The van der Waals surface area contributed by atoms with E-state index in [1.165, 1.54) is 11.8 Å². The minimum atomic E-state index is -1.44. The van der Waals surface area contributed by atoms with Crippen LogP contribution in [0, 0.1) is 5.92 Å². The first-order valence-corrected chi connectivity index (χ1v) is 13.0.